The summed E-state index contributed by atoms with van der Waals surface area (Å²) in [6.07, 6.45) is 4.39. The lowest BCUT2D eigenvalue weighted by atomic mass is 9.89. The van der Waals surface area contributed by atoms with E-state index in [1.807, 2.05) is 6.92 Å². The topological polar surface area (TPSA) is 116 Å². The lowest BCUT2D eigenvalue weighted by Crippen LogP contribution is -2.16. The van der Waals surface area contributed by atoms with Crippen molar-refractivity contribution in [2.45, 2.75) is 65.5 Å². The first-order chi connectivity index (χ1) is 14.0. The van der Waals surface area contributed by atoms with Gasteiger partial charge < -0.3 is 9.72 Å². The number of H-pyrrole nitrogens is 1. The van der Waals surface area contributed by atoms with Crippen molar-refractivity contribution in [2.75, 3.05) is 0 Å². The quantitative estimate of drug-likeness (QED) is 0.587. The van der Waals surface area contributed by atoms with Crippen LogP contribution in [0.5, 0.6) is 0 Å². The van der Waals surface area contributed by atoms with Crippen molar-refractivity contribution in [3.05, 3.63) is 32.4 Å². The predicted molar refractivity (Wildman–Crippen MR) is 108 cm³/mol. The molecule has 0 aromatic carbocycles. The van der Waals surface area contributed by atoms with Gasteiger partial charge in [0.15, 0.2) is 12.4 Å². The minimum Gasteiger partial charge on any atom is -0.457 e. The normalized spacial score (nSPS) is 16.1. The average molecular weight is 417 g/mol. The number of aryl methyl sites for hydroxylation is 3. The second kappa shape index (κ2) is 8.40. The zero-order valence-corrected chi connectivity index (χ0v) is 17.4. The van der Waals surface area contributed by atoms with Crippen LogP contribution >= 0.6 is 11.3 Å². The number of carbonyl (C=O) groups excluding carboxylic acids is 1. The molecule has 9 nitrogen and oxygen atoms in total. The number of rotatable bonds is 7. The SMILES string of the molecule is CCCn1nnnc1COC(=O)CCc1nc2sc3c(c2c(=O)[nH]1)CC[C@@H](C)C3. The van der Waals surface area contributed by atoms with Crippen molar-refractivity contribution >= 4 is 27.5 Å². The summed E-state index contributed by atoms with van der Waals surface area (Å²) in [7, 11) is 0. The molecule has 3 aromatic rings. The number of hydrogen-bond donors (Lipinski definition) is 1. The molecule has 0 unspecified atom stereocenters. The third-order valence-electron chi connectivity index (χ3n) is 5.18. The van der Waals surface area contributed by atoms with Crippen LogP contribution in [0.2, 0.25) is 0 Å². The van der Waals surface area contributed by atoms with Gasteiger partial charge in [0.1, 0.15) is 10.7 Å². The molecule has 29 heavy (non-hydrogen) atoms. The fourth-order valence-electron chi connectivity index (χ4n) is 3.66. The molecular weight excluding hydrogens is 392 g/mol. The van der Waals surface area contributed by atoms with Gasteiger partial charge >= 0.3 is 5.97 Å². The van der Waals surface area contributed by atoms with E-state index in [9.17, 15) is 9.59 Å². The van der Waals surface area contributed by atoms with Gasteiger partial charge in [-0.15, -0.1) is 16.4 Å². The molecular formula is C19H24N6O3S. The number of aromatic amines is 1. The third-order valence-corrected chi connectivity index (χ3v) is 6.33. The van der Waals surface area contributed by atoms with Crippen LogP contribution in [-0.2, 0) is 41.9 Å². The summed E-state index contributed by atoms with van der Waals surface area (Å²) in [6, 6.07) is 0. The molecule has 0 radical (unpaired) electrons. The fraction of sp³-hybridized carbons (Fsp3) is 0.579. The number of fused-ring (bicyclic) bond motifs is 3. The smallest absolute Gasteiger partial charge is 0.306 e. The van der Waals surface area contributed by atoms with Gasteiger partial charge in [0, 0.05) is 17.8 Å². The summed E-state index contributed by atoms with van der Waals surface area (Å²) < 4.78 is 6.90. The number of thiophene rings is 1. The van der Waals surface area contributed by atoms with Crippen molar-refractivity contribution in [2.24, 2.45) is 5.92 Å². The summed E-state index contributed by atoms with van der Waals surface area (Å²) in [6.45, 7) is 4.97. The molecule has 0 amide bonds. The molecule has 0 saturated heterocycles. The molecule has 3 aromatic heterocycles. The largest absolute Gasteiger partial charge is 0.457 e. The molecule has 3 heterocycles. The summed E-state index contributed by atoms with van der Waals surface area (Å²) >= 11 is 1.61. The van der Waals surface area contributed by atoms with Gasteiger partial charge in [-0.05, 0) is 47.6 Å². The number of esters is 1. The maximum atomic E-state index is 12.6. The number of tetrazole rings is 1. The Kier molecular flexibility index (Phi) is 5.70. The molecule has 0 bridgehead atoms. The highest BCUT2D eigenvalue weighted by Gasteiger charge is 2.23. The number of carbonyl (C=O) groups is 1. The molecule has 0 aliphatic heterocycles. The Morgan fingerprint density at radius 1 is 1.41 bits per heavy atom. The van der Waals surface area contributed by atoms with Crippen LogP contribution in [0, 0.1) is 5.92 Å². The average Bonchev–Trinajstić information content (AvgIpc) is 3.28. The highest BCUT2D eigenvalue weighted by atomic mass is 32.1. The van der Waals surface area contributed by atoms with E-state index in [1.165, 1.54) is 4.88 Å². The summed E-state index contributed by atoms with van der Waals surface area (Å²) in [5.74, 6) is 1.30. The summed E-state index contributed by atoms with van der Waals surface area (Å²) in [5.41, 5.74) is 1.05. The van der Waals surface area contributed by atoms with Gasteiger partial charge in [-0.3, -0.25) is 9.59 Å². The maximum absolute atomic E-state index is 12.6. The van der Waals surface area contributed by atoms with Gasteiger partial charge in [-0.1, -0.05) is 13.8 Å². The van der Waals surface area contributed by atoms with Crippen LogP contribution in [0.4, 0.5) is 0 Å². The predicted octanol–water partition coefficient (Wildman–Crippen LogP) is 2.18. The summed E-state index contributed by atoms with van der Waals surface area (Å²) in [4.78, 5) is 34.2. The van der Waals surface area contributed by atoms with E-state index in [0.29, 0.717) is 30.5 Å². The Bertz CT molecular complexity index is 1090. The second-order valence-electron chi connectivity index (χ2n) is 7.52. The lowest BCUT2D eigenvalue weighted by Gasteiger charge is -2.17. The first-order valence-electron chi connectivity index (χ1n) is 9.99. The minimum absolute atomic E-state index is 0.0324. The van der Waals surface area contributed by atoms with E-state index in [4.69, 9.17) is 4.74 Å². The van der Waals surface area contributed by atoms with Crippen molar-refractivity contribution in [3.63, 3.8) is 0 Å². The molecule has 0 spiro atoms. The lowest BCUT2D eigenvalue weighted by molar-refractivity contribution is -0.145. The van der Waals surface area contributed by atoms with Gasteiger partial charge in [-0.2, -0.15) is 0 Å². The number of hydrogen-bond acceptors (Lipinski definition) is 8. The molecule has 1 N–H and O–H groups in total. The van der Waals surface area contributed by atoms with Crippen LogP contribution in [0.1, 0.15) is 55.2 Å². The van der Waals surface area contributed by atoms with Crippen molar-refractivity contribution < 1.29 is 9.53 Å². The van der Waals surface area contributed by atoms with Crippen molar-refractivity contribution in [3.8, 4) is 0 Å². The molecule has 0 fully saturated rings. The summed E-state index contributed by atoms with van der Waals surface area (Å²) in [5, 5.41) is 12.1. The van der Waals surface area contributed by atoms with Gasteiger partial charge in [0.25, 0.3) is 5.56 Å². The van der Waals surface area contributed by atoms with E-state index in [2.05, 4.69) is 32.4 Å². The Hall–Kier alpha value is -2.62. The van der Waals surface area contributed by atoms with Gasteiger partial charge in [-0.25, -0.2) is 9.67 Å². The fourth-order valence-corrected chi connectivity index (χ4v) is 5.06. The van der Waals surface area contributed by atoms with Gasteiger partial charge in [0.05, 0.1) is 11.8 Å². The van der Waals surface area contributed by atoms with Crippen LogP contribution in [0.15, 0.2) is 4.79 Å². The second-order valence-corrected chi connectivity index (χ2v) is 8.61. The number of nitrogens with one attached hydrogen (secondary N) is 1. The van der Waals surface area contributed by atoms with Crippen molar-refractivity contribution in [1.82, 2.24) is 30.2 Å². The zero-order valence-electron chi connectivity index (χ0n) is 16.6. The molecule has 1 atom stereocenters. The maximum Gasteiger partial charge on any atom is 0.306 e. The Morgan fingerprint density at radius 2 is 2.28 bits per heavy atom. The highest BCUT2D eigenvalue weighted by Crippen LogP contribution is 2.35. The number of nitrogens with zero attached hydrogens (tertiary/aromatic N) is 5. The van der Waals surface area contributed by atoms with E-state index in [-0.39, 0.29) is 24.6 Å². The van der Waals surface area contributed by atoms with E-state index in [1.54, 1.807) is 16.0 Å². The molecule has 0 saturated carbocycles. The van der Waals surface area contributed by atoms with E-state index in [0.717, 1.165) is 41.5 Å². The first-order valence-corrected chi connectivity index (χ1v) is 10.8. The molecule has 1 aliphatic carbocycles. The van der Waals surface area contributed by atoms with Gasteiger partial charge in [0.2, 0.25) is 0 Å². The molecule has 1 aliphatic rings. The van der Waals surface area contributed by atoms with Crippen LogP contribution in [0.3, 0.4) is 0 Å². The molecule has 154 valence electrons. The monoisotopic (exact) mass is 416 g/mol. The van der Waals surface area contributed by atoms with Crippen LogP contribution < -0.4 is 5.56 Å². The van der Waals surface area contributed by atoms with Crippen LogP contribution in [0.25, 0.3) is 10.2 Å². The Balaban J connectivity index is 1.40. The Morgan fingerprint density at radius 3 is 3.10 bits per heavy atom. The number of aromatic nitrogens is 6. The molecule has 10 heteroatoms. The van der Waals surface area contributed by atoms with E-state index >= 15 is 0 Å². The third kappa shape index (κ3) is 4.21. The standard InChI is InChI=1S/C19H24N6O3S/c1-3-8-25-15(22-23-24-25)10-28-16(26)7-6-14-20-18(27)17-12-5-4-11(2)9-13(12)29-19(17)21-14/h11H,3-10H2,1-2H3,(H,20,21,27)/t11-/m1/s1. The highest BCUT2D eigenvalue weighted by molar-refractivity contribution is 7.18. The zero-order chi connectivity index (χ0) is 20.4. The van der Waals surface area contributed by atoms with Crippen molar-refractivity contribution in [1.29, 1.82) is 0 Å². The Labute approximate surface area is 171 Å². The van der Waals surface area contributed by atoms with Crippen LogP contribution in [-0.4, -0.2) is 36.1 Å². The van der Waals surface area contributed by atoms with E-state index < -0.39 is 0 Å². The first kappa shape index (κ1) is 19.7. The number of ether oxygens (including phenoxy) is 1. The molecule has 4 rings (SSSR count). The minimum atomic E-state index is -0.377.